The van der Waals surface area contributed by atoms with E-state index in [0.29, 0.717) is 18.1 Å². The van der Waals surface area contributed by atoms with Crippen molar-refractivity contribution in [3.05, 3.63) is 17.7 Å². The van der Waals surface area contributed by atoms with Gasteiger partial charge in [0.1, 0.15) is 5.82 Å². The summed E-state index contributed by atoms with van der Waals surface area (Å²) >= 11 is 0. The van der Waals surface area contributed by atoms with Crippen molar-refractivity contribution in [3.8, 4) is 0 Å². The Balaban J connectivity index is 2.74. The molecule has 1 heterocycles. The zero-order valence-electron chi connectivity index (χ0n) is 12.0. The van der Waals surface area contributed by atoms with Gasteiger partial charge in [-0.25, -0.2) is 14.8 Å². The highest BCUT2D eigenvalue weighted by Gasteiger charge is 2.15. The van der Waals surface area contributed by atoms with Crippen LogP contribution in [0.2, 0.25) is 0 Å². The van der Waals surface area contributed by atoms with E-state index in [1.165, 1.54) is 0 Å². The minimum Gasteiger partial charge on any atom is -0.476 e. The second-order valence-corrected chi connectivity index (χ2v) is 5.03. The molecule has 2 N–H and O–H groups in total. The maximum atomic E-state index is 11.2. The molecule has 0 aliphatic heterocycles. The van der Waals surface area contributed by atoms with Crippen molar-refractivity contribution in [2.75, 3.05) is 32.5 Å². The molecule has 0 radical (unpaired) electrons. The lowest BCUT2D eigenvalue weighted by Gasteiger charge is -2.12. The number of carboxylic acids is 1. The fourth-order valence-electron chi connectivity index (χ4n) is 1.58. The van der Waals surface area contributed by atoms with E-state index in [9.17, 15) is 9.90 Å². The summed E-state index contributed by atoms with van der Waals surface area (Å²) in [7, 11) is 4.01. The molecule has 1 aromatic heterocycles. The normalized spacial score (nSPS) is 11.1. The molecule has 0 atom stereocenters. The van der Waals surface area contributed by atoms with Crippen LogP contribution in [0.1, 0.15) is 42.5 Å². The Labute approximate surface area is 113 Å². The Morgan fingerprint density at radius 1 is 1.47 bits per heavy atom. The van der Waals surface area contributed by atoms with E-state index in [4.69, 9.17) is 0 Å². The van der Waals surface area contributed by atoms with Crippen LogP contribution in [0, 0.1) is 0 Å². The second-order valence-electron chi connectivity index (χ2n) is 5.03. The summed E-state index contributed by atoms with van der Waals surface area (Å²) in [5.74, 6) is -0.364. The van der Waals surface area contributed by atoms with Gasteiger partial charge in [-0.1, -0.05) is 13.8 Å². The topological polar surface area (TPSA) is 78.4 Å². The molecule has 0 aliphatic rings. The molecule has 0 amide bonds. The van der Waals surface area contributed by atoms with Crippen LogP contribution in [-0.4, -0.2) is 53.1 Å². The third-order valence-corrected chi connectivity index (χ3v) is 2.62. The number of anilines is 1. The Morgan fingerprint density at radius 3 is 2.68 bits per heavy atom. The van der Waals surface area contributed by atoms with Gasteiger partial charge in [-0.05, 0) is 27.1 Å². The van der Waals surface area contributed by atoms with Gasteiger partial charge in [0.25, 0.3) is 0 Å². The van der Waals surface area contributed by atoms with Crippen LogP contribution in [0.25, 0.3) is 0 Å². The zero-order chi connectivity index (χ0) is 14.4. The first-order chi connectivity index (χ1) is 8.91. The molecule has 6 nitrogen and oxygen atoms in total. The number of hydrogen-bond acceptors (Lipinski definition) is 5. The van der Waals surface area contributed by atoms with Gasteiger partial charge in [0.15, 0.2) is 5.69 Å². The maximum absolute atomic E-state index is 11.2. The summed E-state index contributed by atoms with van der Waals surface area (Å²) < 4.78 is 0. The third kappa shape index (κ3) is 4.82. The van der Waals surface area contributed by atoms with Crippen LogP contribution in [0.5, 0.6) is 0 Å². The fourth-order valence-corrected chi connectivity index (χ4v) is 1.58. The van der Waals surface area contributed by atoms with Crippen LogP contribution in [0.4, 0.5) is 5.69 Å². The van der Waals surface area contributed by atoms with Crippen molar-refractivity contribution in [2.45, 2.75) is 26.2 Å². The number of rotatable bonds is 7. The molecule has 19 heavy (non-hydrogen) atoms. The molecule has 0 bridgehead atoms. The summed E-state index contributed by atoms with van der Waals surface area (Å²) in [6.07, 6.45) is 2.49. The number of carbonyl (C=O) groups is 1. The lowest BCUT2D eigenvalue weighted by Crippen LogP contribution is -2.18. The van der Waals surface area contributed by atoms with Gasteiger partial charge in [0.2, 0.25) is 0 Å². The number of aromatic carboxylic acids is 1. The second kappa shape index (κ2) is 7.04. The van der Waals surface area contributed by atoms with Gasteiger partial charge in [0.05, 0.1) is 11.9 Å². The van der Waals surface area contributed by atoms with E-state index >= 15 is 0 Å². The lowest BCUT2D eigenvalue weighted by molar-refractivity contribution is 0.0691. The van der Waals surface area contributed by atoms with Crippen molar-refractivity contribution < 1.29 is 9.90 Å². The molecule has 0 unspecified atom stereocenters. The average molecular weight is 266 g/mol. The molecule has 0 aromatic carbocycles. The smallest absolute Gasteiger partial charge is 0.356 e. The Morgan fingerprint density at radius 2 is 2.16 bits per heavy atom. The molecule has 0 saturated carbocycles. The van der Waals surface area contributed by atoms with E-state index in [-0.39, 0.29) is 11.6 Å². The van der Waals surface area contributed by atoms with E-state index < -0.39 is 5.97 Å². The Kier molecular flexibility index (Phi) is 5.69. The van der Waals surface area contributed by atoms with Crippen LogP contribution >= 0.6 is 0 Å². The van der Waals surface area contributed by atoms with Crippen LogP contribution in [0.15, 0.2) is 6.20 Å². The molecular formula is C13H22N4O2. The molecule has 6 heteroatoms. The maximum Gasteiger partial charge on any atom is 0.356 e. The largest absolute Gasteiger partial charge is 0.476 e. The number of nitrogens with zero attached hydrogens (tertiary/aromatic N) is 3. The standard InChI is InChI=1S/C13H22N4O2/c1-9(2)12-15-8-10(11(16-12)13(18)19)14-6-5-7-17(3)4/h8-9,14H,5-7H2,1-4H3,(H,18,19). The predicted octanol–water partition coefficient (Wildman–Crippen LogP) is 1.66. The van der Waals surface area contributed by atoms with Gasteiger partial charge in [-0.2, -0.15) is 0 Å². The lowest BCUT2D eigenvalue weighted by atomic mass is 10.2. The quantitative estimate of drug-likeness (QED) is 0.731. The zero-order valence-corrected chi connectivity index (χ0v) is 12.0. The first-order valence-corrected chi connectivity index (χ1v) is 6.40. The first kappa shape index (κ1) is 15.4. The summed E-state index contributed by atoms with van der Waals surface area (Å²) in [4.78, 5) is 21.6. The number of carboxylic acid groups (broad SMARTS) is 1. The monoisotopic (exact) mass is 266 g/mol. The van der Waals surface area contributed by atoms with Gasteiger partial charge in [0, 0.05) is 12.5 Å². The van der Waals surface area contributed by atoms with Gasteiger partial charge in [-0.3, -0.25) is 0 Å². The number of hydrogen-bond donors (Lipinski definition) is 2. The van der Waals surface area contributed by atoms with Crippen molar-refractivity contribution in [3.63, 3.8) is 0 Å². The Bertz CT molecular complexity index is 433. The molecule has 0 fully saturated rings. The SMILES string of the molecule is CC(C)c1ncc(NCCCN(C)C)c(C(=O)O)n1. The minimum atomic E-state index is -1.03. The molecule has 106 valence electrons. The van der Waals surface area contributed by atoms with Crippen molar-refractivity contribution in [1.29, 1.82) is 0 Å². The highest BCUT2D eigenvalue weighted by molar-refractivity contribution is 5.91. The van der Waals surface area contributed by atoms with E-state index in [1.807, 2.05) is 27.9 Å². The number of nitrogens with one attached hydrogen (secondary N) is 1. The van der Waals surface area contributed by atoms with Gasteiger partial charge < -0.3 is 15.3 Å². The Hall–Kier alpha value is -1.69. The van der Waals surface area contributed by atoms with Crippen LogP contribution in [0.3, 0.4) is 0 Å². The van der Waals surface area contributed by atoms with Gasteiger partial charge in [-0.15, -0.1) is 0 Å². The summed E-state index contributed by atoms with van der Waals surface area (Å²) in [6.45, 7) is 5.51. The first-order valence-electron chi connectivity index (χ1n) is 6.40. The van der Waals surface area contributed by atoms with Crippen LogP contribution in [-0.2, 0) is 0 Å². The minimum absolute atomic E-state index is 0.0450. The molecule has 1 aromatic rings. The molecule has 0 spiro atoms. The highest BCUT2D eigenvalue weighted by atomic mass is 16.4. The number of aromatic nitrogens is 2. The third-order valence-electron chi connectivity index (χ3n) is 2.62. The summed E-state index contributed by atoms with van der Waals surface area (Å²) in [5, 5.41) is 12.3. The molecular weight excluding hydrogens is 244 g/mol. The fraction of sp³-hybridized carbons (Fsp3) is 0.615. The van der Waals surface area contributed by atoms with E-state index in [0.717, 1.165) is 13.0 Å². The van der Waals surface area contributed by atoms with E-state index in [2.05, 4.69) is 20.2 Å². The predicted molar refractivity (Wildman–Crippen MR) is 74.7 cm³/mol. The average Bonchev–Trinajstić information content (AvgIpc) is 2.34. The molecule has 0 aliphatic carbocycles. The van der Waals surface area contributed by atoms with Crippen LogP contribution < -0.4 is 5.32 Å². The van der Waals surface area contributed by atoms with Crippen molar-refractivity contribution in [2.24, 2.45) is 0 Å². The van der Waals surface area contributed by atoms with E-state index in [1.54, 1.807) is 6.20 Å². The van der Waals surface area contributed by atoms with Crippen molar-refractivity contribution in [1.82, 2.24) is 14.9 Å². The molecule has 0 saturated heterocycles. The van der Waals surface area contributed by atoms with Gasteiger partial charge >= 0.3 is 5.97 Å². The van der Waals surface area contributed by atoms with Crippen molar-refractivity contribution >= 4 is 11.7 Å². The summed E-state index contributed by atoms with van der Waals surface area (Å²) in [5.41, 5.74) is 0.527. The highest BCUT2D eigenvalue weighted by Crippen LogP contribution is 2.16. The molecule has 1 rings (SSSR count). The summed E-state index contributed by atoms with van der Waals surface area (Å²) in [6, 6.07) is 0.